The number of amides is 1. The molecule has 22 heavy (non-hydrogen) atoms. The summed E-state index contributed by atoms with van der Waals surface area (Å²) in [5, 5.41) is 5.64. The number of nitrogens with one attached hydrogen (secondary N) is 1. The Morgan fingerprint density at radius 3 is 2.68 bits per heavy atom. The third-order valence-electron chi connectivity index (χ3n) is 3.29. The lowest BCUT2D eigenvalue weighted by Crippen LogP contribution is -2.15. The summed E-state index contributed by atoms with van der Waals surface area (Å²) < 4.78 is 0. The standard InChI is InChI=1S/C17H15N3OS/c1-11-10-15(20-17(18-11)22-2)16(21)19-14-9-5-7-12-6-3-4-8-13(12)14/h3-10H,1-2H3,(H,19,21). The largest absolute Gasteiger partial charge is 0.320 e. The fourth-order valence-corrected chi connectivity index (χ4v) is 2.69. The summed E-state index contributed by atoms with van der Waals surface area (Å²) in [4.78, 5) is 21.0. The van der Waals surface area contributed by atoms with Crippen LogP contribution in [0.5, 0.6) is 0 Å². The van der Waals surface area contributed by atoms with Gasteiger partial charge >= 0.3 is 0 Å². The molecule has 3 aromatic rings. The van der Waals surface area contributed by atoms with Gasteiger partial charge in [-0.25, -0.2) is 9.97 Å². The van der Waals surface area contributed by atoms with E-state index in [2.05, 4.69) is 15.3 Å². The fraction of sp³-hybridized carbons (Fsp3) is 0.118. The van der Waals surface area contributed by atoms with Crippen molar-refractivity contribution in [3.05, 3.63) is 59.9 Å². The first-order chi connectivity index (χ1) is 10.7. The fourth-order valence-electron chi connectivity index (χ4n) is 2.27. The minimum atomic E-state index is -0.225. The molecule has 0 fully saturated rings. The highest BCUT2D eigenvalue weighted by Gasteiger charge is 2.12. The molecule has 0 aliphatic heterocycles. The lowest BCUT2D eigenvalue weighted by molar-refractivity contribution is 0.102. The predicted octanol–water partition coefficient (Wildman–Crippen LogP) is 3.91. The van der Waals surface area contributed by atoms with Crippen molar-refractivity contribution in [2.75, 3.05) is 11.6 Å². The molecule has 0 atom stereocenters. The minimum absolute atomic E-state index is 0.225. The van der Waals surface area contributed by atoms with Gasteiger partial charge in [0.1, 0.15) is 5.69 Å². The number of rotatable bonds is 3. The molecule has 0 unspecified atom stereocenters. The first kappa shape index (κ1) is 14.5. The monoisotopic (exact) mass is 309 g/mol. The second-order valence-electron chi connectivity index (χ2n) is 4.86. The van der Waals surface area contributed by atoms with Crippen molar-refractivity contribution in [2.24, 2.45) is 0 Å². The molecule has 3 rings (SSSR count). The van der Waals surface area contributed by atoms with Crippen molar-refractivity contribution in [1.82, 2.24) is 9.97 Å². The number of aryl methyl sites for hydroxylation is 1. The summed E-state index contributed by atoms with van der Waals surface area (Å²) in [5.41, 5.74) is 1.94. The minimum Gasteiger partial charge on any atom is -0.320 e. The van der Waals surface area contributed by atoms with E-state index in [9.17, 15) is 4.79 Å². The molecule has 0 spiro atoms. The van der Waals surface area contributed by atoms with Crippen LogP contribution in [0.4, 0.5) is 5.69 Å². The Morgan fingerprint density at radius 2 is 1.86 bits per heavy atom. The van der Waals surface area contributed by atoms with Crippen molar-refractivity contribution < 1.29 is 4.79 Å². The maximum absolute atomic E-state index is 12.5. The van der Waals surface area contributed by atoms with Gasteiger partial charge < -0.3 is 5.32 Å². The summed E-state index contributed by atoms with van der Waals surface area (Å²) in [5.74, 6) is -0.225. The van der Waals surface area contributed by atoms with Gasteiger partial charge in [-0.15, -0.1) is 0 Å². The van der Waals surface area contributed by atoms with E-state index in [1.165, 1.54) is 11.8 Å². The van der Waals surface area contributed by atoms with Crippen molar-refractivity contribution in [3.63, 3.8) is 0 Å². The Kier molecular flexibility index (Phi) is 4.06. The first-order valence-corrected chi connectivity index (χ1v) is 8.08. The smallest absolute Gasteiger partial charge is 0.274 e. The highest BCUT2D eigenvalue weighted by atomic mass is 32.2. The van der Waals surface area contributed by atoms with Gasteiger partial charge in [0.25, 0.3) is 5.91 Å². The van der Waals surface area contributed by atoms with Crippen LogP contribution >= 0.6 is 11.8 Å². The van der Waals surface area contributed by atoms with Crippen LogP contribution < -0.4 is 5.32 Å². The molecule has 0 saturated carbocycles. The molecule has 1 aromatic heterocycles. The summed E-state index contributed by atoms with van der Waals surface area (Å²) in [6, 6.07) is 15.5. The second kappa shape index (κ2) is 6.15. The third-order valence-corrected chi connectivity index (χ3v) is 3.83. The quantitative estimate of drug-likeness (QED) is 0.588. The maximum atomic E-state index is 12.5. The van der Waals surface area contributed by atoms with Gasteiger partial charge in [0.2, 0.25) is 0 Å². The van der Waals surface area contributed by atoms with E-state index in [0.717, 1.165) is 22.2 Å². The van der Waals surface area contributed by atoms with Crippen LogP contribution in [0, 0.1) is 6.92 Å². The molecule has 1 heterocycles. The summed E-state index contributed by atoms with van der Waals surface area (Å²) in [6.07, 6.45) is 1.89. The Labute approximate surface area is 133 Å². The average molecular weight is 309 g/mol. The summed E-state index contributed by atoms with van der Waals surface area (Å²) in [6.45, 7) is 1.86. The number of hydrogen-bond donors (Lipinski definition) is 1. The third kappa shape index (κ3) is 2.94. The Balaban J connectivity index is 1.95. The Morgan fingerprint density at radius 1 is 1.09 bits per heavy atom. The highest BCUT2D eigenvalue weighted by Crippen LogP contribution is 2.23. The van der Waals surface area contributed by atoms with Gasteiger partial charge in [-0.2, -0.15) is 0 Å². The normalized spacial score (nSPS) is 10.6. The van der Waals surface area contributed by atoms with Gasteiger partial charge in [0.05, 0.1) is 0 Å². The number of aromatic nitrogens is 2. The van der Waals surface area contributed by atoms with Crippen LogP contribution in [-0.4, -0.2) is 22.1 Å². The van der Waals surface area contributed by atoms with Crippen molar-refractivity contribution >= 4 is 34.1 Å². The van der Waals surface area contributed by atoms with Gasteiger partial charge in [-0.3, -0.25) is 4.79 Å². The zero-order chi connectivity index (χ0) is 15.5. The van der Waals surface area contributed by atoms with Crippen molar-refractivity contribution in [2.45, 2.75) is 12.1 Å². The molecular weight excluding hydrogens is 294 g/mol. The van der Waals surface area contributed by atoms with Crippen LogP contribution in [0.15, 0.2) is 53.7 Å². The number of thioether (sulfide) groups is 1. The molecule has 0 aliphatic carbocycles. The summed E-state index contributed by atoms with van der Waals surface area (Å²) >= 11 is 1.42. The number of carbonyl (C=O) groups excluding carboxylic acids is 1. The zero-order valence-electron chi connectivity index (χ0n) is 12.3. The van der Waals surface area contributed by atoms with Crippen LogP contribution in [0.2, 0.25) is 0 Å². The van der Waals surface area contributed by atoms with Crippen LogP contribution in [-0.2, 0) is 0 Å². The molecule has 0 aliphatic rings. The van der Waals surface area contributed by atoms with E-state index < -0.39 is 0 Å². The zero-order valence-corrected chi connectivity index (χ0v) is 13.1. The van der Waals surface area contributed by atoms with E-state index in [4.69, 9.17) is 0 Å². The van der Waals surface area contributed by atoms with Gasteiger partial charge in [-0.1, -0.05) is 48.2 Å². The molecule has 1 N–H and O–H groups in total. The number of benzene rings is 2. The van der Waals surface area contributed by atoms with Crippen molar-refractivity contribution in [1.29, 1.82) is 0 Å². The van der Waals surface area contributed by atoms with Crippen molar-refractivity contribution in [3.8, 4) is 0 Å². The molecular formula is C17H15N3OS. The molecule has 1 amide bonds. The predicted molar refractivity (Wildman–Crippen MR) is 90.5 cm³/mol. The molecule has 110 valence electrons. The topological polar surface area (TPSA) is 54.9 Å². The number of fused-ring (bicyclic) bond motifs is 1. The van der Waals surface area contributed by atoms with E-state index >= 15 is 0 Å². The molecule has 0 radical (unpaired) electrons. The molecule has 2 aromatic carbocycles. The number of anilines is 1. The molecule has 4 nitrogen and oxygen atoms in total. The maximum Gasteiger partial charge on any atom is 0.274 e. The van der Waals surface area contributed by atoms with E-state index in [-0.39, 0.29) is 5.91 Å². The second-order valence-corrected chi connectivity index (χ2v) is 5.64. The van der Waals surface area contributed by atoms with Crippen LogP contribution in [0.25, 0.3) is 10.8 Å². The molecule has 5 heteroatoms. The van der Waals surface area contributed by atoms with Gasteiger partial charge in [0.15, 0.2) is 5.16 Å². The number of hydrogen-bond acceptors (Lipinski definition) is 4. The van der Waals surface area contributed by atoms with Crippen LogP contribution in [0.3, 0.4) is 0 Å². The number of carbonyl (C=O) groups is 1. The SMILES string of the molecule is CSc1nc(C)cc(C(=O)Nc2cccc3ccccc23)n1. The summed E-state index contributed by atoms with van der Waals surface area (Å²) in [7, 11) is 0. The van der Waals surface area contributed by atoms with Gasteiger partial charge in [-0.05, 0) is 30.7 Å². The van der Waals surface area contributed by atoms with Crippen LogP contribution in [0.1, 0.15) is 16.2 Å². The van der Waals surface area contributed by atoms with E-state index in [0.29, 0.717) is 10.9 Å². The lowest BCUT2D eigenvalue weighted by atomic mass is 10.1. The average Bonchev–Trinajstić information content (AvgIpc) is 2.54. The lowest BCUT2D eigenvalue weighted by Gasteiger charge is -2.09. The Bertz CT molecular complexity index is 843. The van der Waals surface area contributed by atoms with Gasteiger partial charge in [0, 0.05) is 16.8 Å². The van der Waals surface area contributed by atoms with E-state index in [1.807, 2.05) is 55.6 Å². The molecule has 0 bridgehead atoms. The highest BCUT2D eigenvalue weighted by molar-refractivity contribution is 7.98. The number of nitrogens with zero attached hydrogens (tertiary/aromatic N) is 2. The van der Waals surface area contributed by atoms with E-state index in [1.54, 1.807) is 6.07 Å². The first-order valence-electron chi connectivity index (χ1n) is 6.86. The Hall–Kier alpha value is -2.40. The molecule has 0 saturated heterocycles.